The Morgan fingerprint density at radius 2 is 2.05 bits per heavy atom. The maximum absolute atomic E-state index is 13.2. The molecule has 0 saturated carbocycles. The van der Waals surface area contributed by atoms with E-state index in [-0.39, 0.29) is 11.3 Å². The number of halogens is 2. The summed E-state index contributed by atoms with van der Waals surface area (Å²) in [7, 11) is 0. The van der Waals surface area contributed by atoms with Gasteiger partial charge in [-0.1, -0.05) is 13.8 Å². The minimum absolute atomic E-state index is 0.0705. The SMILES string of the molecule is CCN(CC)CCOC(=O)c1cc(N)c(F)cc1Br. The molecule has 4 nitrogen and oxygen atoms in total. The van der Waals surface area contributed by atoms with Gasteiger partial charge in [-0.15, -0.1) is 0 Å². The van der Waals surface area contributed by atoms with Gasteiger partial charge in [0, 0.05) is 11.0 Å². The quantitative estimate of drug-likeness (QED) is 0.642. The number of nitrogen functional groups attached to an aromatic ring is 1. The van der Waals surface area contributed by atoms with Crippen molar-refractivity contribution in [2.45, 2.75) is 13.8 Å². The van der Waals surface area contributed by atoms with Crippen LogP contribution in [0.2, 0.25) is 0 Å². The molecule has 0 aliphatic heterocycles. The molecule has 0 fully saturated rings. The van der Waals surface area contributed by atoms with E-state index in [4.69, 9.17) is 10.5 Å². The van der Waals surface area contributed by atoms with Gasteiger partial charge < -0.3 is 15.4 Å². The molecule has 6 heteroatoms. The maximum atomic E-state index is 13.2. The van der Waals surface area contributed by atoms with Crippen LogP contribution in [0.25, 0.3) is 0 Å². The van der Waals surface area contributed by atoms with E-state index in [9.17, 15) is 9.18 Å². The predicted molar refractivity (Wildman–Crippen MR) is 76.6 cm³/mol. The standard InChI is InChI=1S/C13H18BrFN2O2/c1-3-17(4-2)5-6-19-13(18)9-7-12(16)11(15)8-10(9)14/h7-8H,3-6,16H2,1-2H3. The molecule has 0 radical (unpaired) electrons. The Morgan fingerprint density at radius 3 is 2.63 bits per heavy atom. The summed E-state index contributed by atoms with van der Waals surface area (Å²) in [5.74, 6) is -1.07. The van der Waals surface area contributed by atoms with Gasteiger partial charge >= 0.3 is 5.97 Å². The van der Waals surface area contributed by atoms with Crippen LogP contribution in [0.15, 0.2) is 16.6 Å². The number of nitrogens with two attached hydrogens (primary N) is 1. The van der Waals surface area contributed by atoms with Crippen LogP contribution in [-0.4, -0.2) is 37.1 Å². The van der Waals surface area contributed by atoms with Gasteiger partial charge in [0.05, 0.1) is 11.3 Å². The first kappa shape index (κ1) is 15.9. The highest BCUT2D eigenvalue weighted by Gasteiger charge is 2.14. The van der Waals surface area contributed by atoms with Crippen molar-refractivity contribution < 1.29 is 13.9 Å². The van der Waals surface area contributed by atoms with Gasteiger partial charge in [-0.3, -0.25) is 0 Å². The molecule has 0 aliphatic carbocycles. The highest BCUT2D eigenvalue weighted by molar-refractivity contribution is 9.10. The third-order valence-corrected chi connectivity index (χ3v) is 3.50. The Balaban J connectivity index is 2.61. The van der Waals surface area contributed by atoms with Crippen LogP contribution < -0.4 is 5.73 Å². The molecular formula is C13H18BrFN2O2. The molecule has 0 spiro atoms. The number of carbonyl (C=O) groups is 1. The third-order valence-electron chi connectivity index (χ3n) is 2.84. The van der Waals surface area contributed by atoms with Crippen LogP contribution in [0.5, 0.6) is 0 Å². The molecule has 2 N–H and O–H groups in total. The molecule has 1 rings (SSSR count). The molecule has 0 bridgehead atoms. The lowest BCUT2D eigenvalue weighted by Crippen LogP contribution is -2.28. The fourth-order valence-electron chi connectivity index (χ4n) is 1.61. The minimum Gasteiger partial charge on any atom is -0.461 e. The lowest BCUT2D eigenvalue weighted by Gasteiger charge is -2.17. The summed E-state index contributed by atoms with van der Waals surface area (Å²) in [5, 5.41) is 0. The van der Waals surface area contributed by atoms with E-state index in [1.165, 1.54) is 6.07 Å². The first-order valence-corrected chi connectivity index (χ1v) is 6.92. The lowest BCUT2D eigenvalue weighted by molar-refractivity contribution is 0.0465. The molecule has 0 unspecified atom stereocenters. The number of nitrogens with zero attached hydrogens (tertiary/aromatic N) is 1. The summed E-state index contributed by atoms with van der Waals surface area (Å²) in [6.45, 7) is 6.87. The van der Waals surface area contributed by atoms with E-state index in [1.54, 1.807) is 0 Å². The van der Waals surface area contributed by atoms with E-state index in [2.05, 4.69) is 20.8 Å². The first-order chi connectivity index (χ1) is 8.99. The highest BCUT2D eigenvalue weighted by atomic mass is 79.9. The Hall–Kier alpha value is -1.14. The van der Waals surface area contributed by atoms with Crippen molar-refractivity contribution in [3.8, 4) is 0 Å². The molecule has 0 saturated heterocycles. The first-order valence-electron chi connectivity index (χ1n) is 6.13. The third kappa shape index (κ3) is 4.47. The molecular weight excluding hydrogens is 315 g/mol. The number of likely N-dealkylation sites (N-methyl/N-ethyl adjacent to an activating group) is 1. The van der Waals surface area contributed by atoms with Crippen molar-refractivity contribution in [3.63, 3.8) is 0 Å². The van der Waals surface area contributed by atoms with E-state index in [0.29, 0.717) is 17.6 Å². The number of benzene rings is 1. The second kappa shape index (κ2) is 7.45. The number of esters is 1. The molecule has 0 aromatic heterocycles. The summed E-state index contributed by atoms with van der Waals surface area (Å²) in [4.78, 5) is 14.0. The van der Waals surface area contributed by atoms with Crippen molar-refractivity contribution in [2.75, 3.05) is 32.0 Å². The van der Waals surface area contributed by atoms with E-state index >= 15 is 0 Å². The summed E-state index contributed by atoms with van der Waals surface area (Å²) in [6.07, 6.45) is 0. The Kier molecular flexibility index (Phi) is 6.24. The van der Waals surface area contributed by atoms with Gasteiger partial charge in [-0.2, -0.15) is 0 Å². The van der Waals surface area contributed by atoms with Crippen molar-refractivity contribution >= 4 is 27.6 Å². The smallest absolute Gasteiger partial charge is 0.339 e. The summed E-state index contributed by atoms with van der Waals surface area (Å²) < 4.78 is 18.6. The van der Waals surface area contributed by atoms with Gasteiger partial charge in [0.25, 0.3) is 0 Å². The van der Waals surface area contributed by atoms with Gasteiger partial charge in [-0.25, -0.2) is 9.18 Å². The lowest BCUT2D eigenvalue weighted by atomic mass is 10.2. The summed E-state index contributed by atoms with van der Waals surface area (Å²) in [5.41, 5.74) is 5.60. The maximum Gasteiger partial charge on any atom is 0.339 e. The molecule has 0 aliphatic rings. The van der Waals surface area contributed by atoms with Gasteiger partial charge in [-0.05, 0) is 41.2 Å². The number of hydrogen-bond donors (Lipinski definition) is 1. The fourth-order valence-corrected chi connectivity index (χ4v) is 2.08. The summed E-state index contributed by atoms with van der Waals surface area (Å²) >= 11 is 3.12. The average molecular weight is 333 g/mol. The van der Waals surface area contributed by atoms with Gasteiger partial charge in [0.1, 0.15) is 12.4 Å². The molecule has 0 atom stereocenters. The molecule has 0 amide bonds. The number of rotatable bonds is 6. The average Bonchev–Trinajstić information content (AvgIpc) is 2.38. The van der Waals surface area contributed by atoms with Crippen LogP contribution in [0, 0.1) is 5.82 Å². The number of hydrogen-bond acceptors (Lipinski definition) is 4. The van der Waals surface area contributed by atoms with E-state index in [0.717, 1.165) is 19.2 Å². The van der Waals surface area contributed by atoms with Gasteiger partial charge in [0.2, 0.25) is 0 Å². The van der Waals surface area contributed by atoms with Gasteiger partial charge in [0.15, 0.2) is 0 Å². The zero-order chi connectivity index (χ0) is 14.4. The molecule has 19 heavy (non-hydrogen) atoms. The van der Waals surface area contributed by atoms with Crippen LogP contribution in [0.4, 0.5) is 10.1 Å². The van der Waals surface area contributed by atoms with E-state index in [1.807, 2.05) is 13.8 Å². The zero-order valence-corrected chi connectivity index (χ0v) is 12.7. The van der Waals surface area contributed by atoms with Crippen molar-refractivity contribution in [1.29, 1.82) is 0 Å². The van der Waals surface area contributed by atoms with Crippen molar-refractivity contribution in [1.82, 2.24) is 4.90 Å². The summed E-state index contributed by atoms with van der Waals surface area (Å²) in [6, 6.07) is 2.44. The Bertz CT molecular complexity index is 451. The minimum atomic E-state index is -0.563. The largest absolute Gasteiger partial charge is 0.461 e. The van der Waals surface area contributed by atoms with E-state index < -0.39 is 11.8 Å². The Morgan fingerprint density at radius 1 is 1.42 bits per heavy atom. The fraction of sp³-hybridized carbons (Fsp3) is 0.462. The number of carbonyl (C=O) groups excluding carboxylic acids is 1. The van der Waals surface area contributed by atoms with Crippen LogP contribution >= 0.6 is 15.9 Å². The monoisotopic (exact) mass is 332 g/mol. The molecule has 1 aromatic carbocycles. The van der Waals surface area contributed by atoms with Crippen LogP contribution in [0.1, 0.15) is 24.2 Å². The predicted octanol–water partition coefficient (Wildman–Crippen LogP) is 2.67. The second-order valence-corrected chi connectivity index (χ2v) is 4.87. The highest BCUT2D eigenvalue weighted by Crippen LogP contribution is 2.23. The van der Waals surface area contributed by atoms with Crippen LogP contribution in [0.3, 0.4) is 0 Å². The molecule has 1 aromatic rings. The number of ether oxygens (including phenoxy) is 1. The Labute approximate surface area is 120 Å². The second-order valence-electron chi connectivity index (χ2n) is 4.02. The van der Waals surface area contributed by atoms with Crippen molar-refractivity contribution in [3.05, 3.63) is 28.0 Å². The van der Waals surface area contributed by atoms with Crippen LogP contribution in [-0.2, 0) is 4.74 Å². The molecule has 106 valence electrons. The molecule has 0 heterocycles. The number of anilines is 1. The normalized spacial score (nSPS) is 10.8. The topological polar surface area (TPSA) is 55.6 Å². The van der Waals surface area contributed by atoms with Crippen molar-refractivity contribution in [2.24, 2.45) is 0 Å². The zero-order valence-electron chi connectivity index (χ0n) is 11.1.